The molecule has 2 nitrogen and oxygen atoms in total. The number of benzene rings is 1. The van der Waals surface area contributed by atoms with Crippen LogP contribution in [-0.4, -0.2) is 7.11 Å². The van der Waals surface area contributed by atoms with Crippen LogP contribution in [0.5, 0.6) is 0 Å². The van der Waals surface area contributed by atoms with Crippen molar-refractivity contribution in [2.75, 3.05) is 7.11 Å². The Bertz CT molecular complexity index is 572. The summed E-state index contributed by atoms with van der Waals surface area (Å²) < 4.78 is 44.3. The van der Waals surface area contributed by atoms with Crippen LogP contribution in [0.15, 0.2) is 18.2 Å². The van der Waals surface area contributed by atoms with Gasteiger partial charge in [-0.05, 0) is 48.9 Å². The average Bonchev–Trinajstić information content (AvgIpc) is 2.53. The van der Waals surface area contributed by atoms with E-state index in [-0.39, 0.29) is 5.92 Å². The zero-order valence-corrected chi connectivity index (χ0v) is 13.8. The molecule has 1 fully saturated rings. The second-order valence-electron chi connectivity index (χ2n) is 5.61. The van der Waals surface area contributed by atoms with Crippen LogP contribution in [0.3, 0.4) is 0 Å². The lowest BCUT2D eigenvalue weighted by Gasteiger charge is -2.39. The van der Waals surface area contributed by atoms with E-state index in [2.05, 4.69) is 22.0 Å². The van der Waals surface area contributed by atoms with Crippen molar-refractivity contribution in [3.63, 3.8) is 0 Å². The summed E-state index contributed by atoms with van der Waals surface area (Å²) >= 11 is 3.28. The highest BCUT2D eigenvalue weighted by molar-refractivity contribution is 9.08. The molecule has 1 aromatic rings. The number of rotatable bonds is 3. The quantitative estimate of drug-likeness (QED) is 0.683. The van der Waals surface area contributed by atoms with Crippen LogP contribution in [0.1, 0.15) is 42.4 Å². The Morgan fingerprint density at radius 2 is 2.00 bits per heavy atom. The fraction of sp³-hybridized carbons (Fsp3) is 0.562. The van der Waals surface area contributed by atoms with Gasteiger partial charge in [-0.2, -0.15) is 18.4 Å². The highest BCUT2D eigenvalue weighted by atomic mass is 79.9. The van der Waals surface area contributed by atoms with E-state index < -0.39 is 17.3 Å². The molecule has 6 heteroatoms. The summed E-state index contributed by atoms with van der Waals surface area (Å²) in [6.07, 6.45) is -1.66. The van der Waals surface area contributed by atoms with Crippen molar-refractivity contribution in [1.29, 1.82) is 5.26 Å². The Morgan fingerprint density at radius 3 is 2.45 bits per heavy atom. The average molecular weight is 376 g/mol. The van der Waals surface area contributed by atoms with E-state index in [1.54, 1.807) is 7.11 Å². The number of ether oxygens (including phenoxy) is 1. The van der Waals surface area contributed by atoms with E-state index in [4.69, 9.17) is 10.00 Å². The minimum absolute atomic E-state index is 0.00476. The highest BCUT2D eigenvalue weighted by Gasteiger charge is 2.39. The van der Waals surface area contributed by atoms with Crippen LogP contribution in [0, 0.1) is 17.2 Å². The normalized spacial score (nSPS) is 25.7. The molecule has 0 unspecified atom stereocenters. The summed E-state index contributed by atoms with van der Waals surface area (Å²) in [6, 6.07) is 6.08. The van der Waals surface area contributed by atoms with Gasteiger partial charge in [0, 0.05) is 18.4 Å². The second kappa shape index (κ2) is 6.59. The molecule has 0 aromatic heterocycles. The molecule has 0 aliphatic heterocycles. The summed E-state index contributed by atoms with van der Waals surface area (Å²) in [7, 11) is 1.59. The zero-order valence-electron chi connectivity index (χ0n) is 12.2. The van der Waals surface area contributed by atoms with Gasteiger partial charge in [0.25, 0.3) is 0 Å². The molecule has 0 bridgehead atoms. The van der Waals surface area contributed by atoms with Crippen LogP contribution < -0.4 is 0 Å². The third-order valence-electron chi connectivity index (χ3n) is 4.43. The van der Waals surface area contributed by atoms with Gasteiger partial charge in [-0.15, -0.1) is 0 Å². The SMILES string of the molecule is COC1(c2ccc(C(F)(F)F)cc2CBr)CCC(C#N)CC1. The predicted molar refractivity (Wildman–Crippen MR) is 80.3 cm³/mol. The van der Waals surface area contributed by atoms with Crippen LogP contribution in [0.4, 0.5) is 13.2 Å². The first kappa shape index (κ1) is 17.3. The van der Waals surface area contributed by atoms with Crippen molar-refractivity contribution >= 4 is 15.9 Å². The second-order valence-corrected chi connectivity index (χ2v) is 6.17. The smallest absolute Gasteiger partial charge is 0.374 e. The van der Waals surface area contributed by atoms with Crippen molar-refractivity contribution in [3.05, 3.63) is 34.9 Å². The lowest BCUT2D eigenvalue weighted by molar-refractivity contribution is -0.137. The first-order valence-electron chi connectivity index (χ1n) is 7.07. The third-order valence-corrected chi connectivity index (χ3v) is 5.04. The molecule has 0 amide bonds. The molecule has 1 aliphatic rings. The van der Waals surface area contributed by atoms with E-state index in [1.807, 2.05) is 0 Å². The summed E-state index contributed by atoms with van der Waals surface area (Å²) in [4.78, 5) is 0. The van der Waals surface area contributed by atoms with E-state index in [0.717, 1.165) is 11.6 Å². The maximum atomic E-state index is 12.9. The number of nitrogens with zero attached hydrogens (tertiary/aromatic N) is 1. The van der Waals surface area contributed by atoms with Gasteiger partial charge < -0.3 is 4.74 Å². The first-order valence-corrected chi connectivity index (χ1v) is 8.20. The Hall–Kier alpha value is -1.06. The number of hydrogen-bond donors (Lipinski definition) is 0. The molecule has 0 spiro atoms. The molecule has 120 valence electrons. The minimum Gasteiger partial charge on any atom is -0.374 e. The van der Waals surface area contributed by atoms with Gasteiger partial charge in [0.1, 0.15) is 0 Å². The molecule has 2 rings (SSSR count). The molecule has 22 heavy (non-hydrogen) atoms. The van der Waals surface area contributed by atoms with Gasteiger partial charge in [0.15, 0.2) is 0 Å². The highest BCUT2D eigenvalue weighted by Crippen LogP contribution is 2.44. The Morgan fingerprint density at radius 1 is 1.36 bits per heavy atom. The van der Waals surface area contributed by atoms with E-state index in [1.165, 1.54) is 12.1 Å². The van der Waals surface area contributed by atoms with Gasteiger partial charge in [-0.3, -0.25) is 0 Å². The molecule has 0 N–H and O–H groups in total. The zero-order chi connectivity index (χ0) is 16.4. The van der Waals surface area contributed by atoms with Gasteiger partial charge in [-0.1, -0.05) is 22.0 Å². The topological polar surface area (TPSA) is 33.0 Å². The standard InChI is InChI=1S/C16H17BrF3NO/c1-22-15(6-4-11(10-21)5-7-15)14-3-2-13(16(18,19)20)8-12(14)9-17/h2-3,8,11H,4-7,9H2,1H3. The fourth-order valence-electron chi connectivity index (χ4n) is 3.12. The number of hydrogen-bond acceptors (Lipinski definition) is 2. The van der Waals surface area contributed by atoms with Crippen LogP contribution in [-0.2, 0) is 21.8 Å². The Kier molecular flexibility index (Phi) is 5.18. The molecular weight excluding hydrogens is 359 g/mol. The third kappa shape index (κ3) is 3.31. The van der Waals surface area contributed by atoms with Gasteiger partial charge in [-0.25, -0.2) is 0 Å². The van der Waals surface area contributed by atoms with Crippen molar-refractivity contribution in [2.24, 2.45) is 5.92 Å². The molecule has 1 saturated carbocycles. The number of methoxy groups -OCH3 is 1. The fourth-order valence-corrected chi connectivity index (χ4v) is 3.59. The van der Waals surface area contributed by atoms with Crippen LogP contribution in [0.2, 0.25) is 0 Å². The summed E-state index contributed by atoms with van der Waals surface area (Å²) in [5.41, 5.74) is 0.131. The monoisotopic (exact) mass is 375 g/mol. The minimum atomic E-state index is -4.35. The number of nitriles is 1. The molecule has 1 aliphatic carbocycles. The largest absolute Gasteiger partial charge is 0.416 e. The van der Waals surface area contributed by atoms with Gasteiger partial charge in [0.2, 0.25) is 0 Å². The lowest BCUT2D eigenvalue weighted by atomic mass is 9.74. The predicted octanol–water partition coefficient (Wildman–Crippen LogP) is 5.16. The molecule has 0 atom stereocenters. The van der Waals surface area contributed by atoms with Gasteiger partial charge >= 0.3 is 6.18 Å². The number of halogens is 4. The van der Waals surface area contributed by atoms with Gasteiger partial charge in [0.05, 0.1) is 17.2 Å². The van der Waals surface area contributed by atoms with Crippen molar-refractivity contribution in [2.45, 2.75) is 42.8 Å². The van der Waals surface area contributed by atoms with Crippen LogP contribution in [0.25, 0.3) is 0 Å². The number of alkyl halides is 4. The summed E-state index contributed by atoms with van der Waals surface area (Å²) in [6.45, 7) is 0. The van der Waals surface area contributed by atoms with E-state index in [0.29, 0.717) is 36.6 Å². The maximum Gasteiger partial charge on any atom is 0.416 e. The van der Waals surface area contributed by atoms with Crippen molar-refractivity contribution < 1.29 is 17.9 Å². The molecule has 0 heterocycles. The first-order chi connectivity index (χ1) is 10.4. The summed E-state index contributed by atoms with van der Waals surface area (Å²) in [5.74, 6) is 0.00476. The lowest BCUT2D eigenvalue weighted by Crippen LogP contribution is -2.34. The maximum absolute atomic E-state index is 12.9. The van der Waals surface area contributed by atoms with Crippen LogP contribution >= 0.6 is 15.9 Å². The van der Waals surface area contributed by atoms with E-state index >= 15 is 0 Å². The summed E-state index contributed by atoms with van der Waals surface area (Å²) in [5, 5.41) is 9.34. The van der Waals surface area contributed by atoms with E-state index in [9.17, 15) is 13.2 Å². The Labute approximate surface area is 136 Å². The van der Waals surface area contributed by atoms with Crippen molar-refractivity contribution in [1.82, 2.24) is 0 Å². The molecule has 0 saturated heterocycles. The Balaban J connectivity index is 2.40. The molecule has 0 radical (unpaired) electrons. The van der Waals surface area contributed by atoms with Crippen molar-refractivity contribution in [3.8, 4) is 6.07 Å². The molecule has 1 aromatic carbocycles. The molecular formula is C16H17BrF3NO.